The van der Waals surface area contributed by atoms with Crippen molar-refractivity contribution in [3.05, 3.63) is 28.8 Å². The van der Waals surface area contributed by atoms with Crippen molar-refractivity contribution in [2.24, 2.45) is 5.92 Å². The Balaban J connectivity index is 1.69. The molecular formula is C20H28BNO6. The lowest BCUT2D eigenvalue weighted by molar-refractivity contribution is -0.154. The largest absolute Gasteiger partial charge is 0.492 e. The molecule has 7 nitrogen and oxygen atoms in total. The van der Waals surface area contributed by atoms with Gasteiger partial charge in [0.1, 0.15) is 12.6 Å². The van der Waals surface area contributed by atoms with Crippen molar-refractivity contribution in [3.8, 4) is 0 Å². The van der Waals surface area contributed by atoms with Gasteiger partial charge in [0.15, 0.2) is 0 Å². The zero-order valence-corrected chi connectivity index (χ0v) is 16.7. The van der Waals surface area contributed by atoms with Crippen LogP contribution in [-0.2, 0) is 20.8 Å². The maximum Gasteiger partial charge on any atom is 0.492 e. The molecule has 0 saturated heterocycles. The molecule has 1 fully saturated rings. The van der Waals surface area contributed by atoms with Crippen molar-refractivity contribution in [1.82, 2.24) is 5.32 Å². The number of aliphatic hydroxyl groups is 1. The molecule has 0 spiro atoms. The van der Waals surface area contributed by atoms with Gasteiger partial charge in [0.05, 0.1) is 12.2 Å². The van der Waals surface area contributed by atoms with E-state index in [9.17, 15) is 19.7 Å². The quantitative estimate of drug-likeness (QED) is 0.492. The summed E-state index contributed by atoms with van der Waals surface area (Å²) in [6.07, 6.45) is 3.09. The van der Waals surface area contributed by atoms with Gasteiger partial charge < -0.3 is 24.8 Å². The van der Waals surface area contributed by atoms with Crippen molar-refractivity contribution >= 4 is 24.5 Å². The highest BCUT2D eigenvalue weighted by Gasteiger charge is 2.35. The molecular weight excluding hydrogens is 361 g/mol. The first-order valence-corrected chi connectivity index (χ1v) is 9.84. The van der Waals surface area contributed by atoms with E-state index in [2.05, 4.69) is 5.32 Å². The number of fused-ring (bicyclic) bond motifs is 1. The third kappa shape index (κ3) is 4.24. The van der Waals surface area contributed by atoms with Crippen LogP contribution in [0.4, 0.5) is 0 Å². The molecule has 0 radical (unpaired) electrons. The summed E-state index contributed by atoms with van der Waals surface area (Å²) in [5.74, 6) is -1.14. The number of hydrogen-bond acceptors (Lipinski definition) is 6. The fraction of sp³-hybridized carbons (Fsp3) is 0.600. The number of rotatable bonds is 6. The lowest BCUT2D eigenvalue weighted by Gasteiger charge is -2.25. The van der Waals surface area contributed by atoms with Crippen LogP contribution in [0.15, 0.2) is 12.1 Å². The van der Waals surface area contributed by atoms with Crippen molar-refractivity contribution in [3.63, 3.8) is 0 Å². The van der Waals surface area contributed by atoms with Crippen LogP contribution in [0.2, 0.25) is 0 Å². The average Bonchev–Trinajstić information content (AvgIpc) is 3.24. The summed E-state index contributed by atoms with van der Waals surface area (Å²) in [4.78, 5) is 25.4. The molecule has 1 saturated carbocycles. The molecule has 1 aromatic carbocycles. The number of ether oxygens (including phenoxy) is 1. The van der Waals surface area contributed by atoms with E-state index in [1.54, 1.807) is 19.1 Å². The second kappa shape index (κ2) is 8.23. The molecule has 1 heterocycles. The van der Waals surface area contributed by atoms with Crippen molar-refractivity contribution in [2.45, 2.75) is 64.7 Å². The highest BCUT2D eigenvalue weighted by atomic mass is 16.5. The number of amides is 1. The average molecular weight is 389 g/mol. The van der Waals surface area contributed by atoms with E-state index in [0.717, 1.165) is 18.4 Å². The molecule has 1 aromatic rings. The van der Waals surface area contributed by atoms with Gasteiger partial charge in [-0.1, -0.05) is 32.8 Å². The first-order valence-electron chi connectivity index (χ1n) is 9.84. The Labute approximate surface area is 165 Å². The van der Waals surface area contributed by atoms with Crippen LogP contribution in [-0.4, -0.2) is 47.4 Å². The topological polar surface area (TPSA) is 105 Å². The number of nitrogens with one attached hydrogen (secondary N) is 1. The van der Waals surface area contributed by atoms with Gasteiger partial charge in [-0.25, -0.2) is 4.79 Å². The van der Waals surface area contributed by atoms with Crippen LogP contribution >= 0.6 is 0 Å². The van der Waals surface area contributed by atoms with Crippen LogP contribution in [0.3, 0.4) is 0 Å². The van der Waals surface area contributed by atoms with Crippen molar-refractivity contribution in [2.75, 3.05) is 6.61 Å². The van der Waals surface area contributed by atoms with E-state index in [0.29, 0.717) is 36.0 Å². The predicted molar refractivity (Wildman–Crippen MR) is 104 cm³/mol. The Morgan fingerprint density at radius 1 is 1.32 bits per heavy atom. The molecule has 1 unspecified atom stereocenters. The standard InChI is InChI=1S/C20H28BNO6/c1-12(2)17(19(24)27-11-20(25)8-4-5-9-20)22-18(23)15-7-6-14-10-28-21(26)16(14)13(15)3/h6-7,12,17,25-26H,4-5,8-11H2,1-3H3,(H,22,23). The lowest BCUT2D eigenvalue weighted by atomic mass is 9.75. The van der Waals surface area contributed by atoms with Gasteiger partial charge in [-0.15, -0.1) is 0 Å². The smallest absolute Gasteiger partial charge is 0.461 e. The molecule has 28 heavy (non-hydrogen) atoms. The van der Waals surface area contributed by atoms with E-state index < -0.39 is 30.6 Å². The van der Waals surface area contributed by atoms with E-state index >= 15 is 0 Å². The number of esters is 1. The van der Waals surface area contributed by atoms with Crippen LogP contribution < -0.4 is 10.8 Å². The van der Waals surface area contributed by atoms with E-state index in [1.165, 1.54) is 0 Å². The molecule has 2 aliphatic rings. The summed E-state index contributed by atoms with van der Waals surface area (Å²) in [6.45, 7) is 5.66. The lowest BCUT2D eigenvalue weighted by Crippen LogP contribution is -2.47. The minimum Gasteiger partial charge on any atom is -0.461 e. The minimum atomic E-state index is -1.04. The summed E-state index contributed by atoms with van der Waals surface area (Å²) in [6, 6.07) is 2.60. The fourth-order valence-electron chi connectivity index (χ4n) is 3.94. The Hall–Kier alpha value is -1.90. The molecule has 1 aliphatic heterocycles. The zero-order chi connectivity index (χ0) is 20.5. The molecule has 3 rings (SSSR count). The highest BCUT2D eigenvalue weighted by Crippen LogP contribution is 2.29. The number of carbonyl (C=O) groups excluding carboxylic acids is 2. The van der Waals surface area contributed by atoms with Gasteiger partial charge >= 0.3 is 13.1 Å². The third-order valence-electron chi connectivity index (χ3n) is 5.72. The van der Waals surface area contributed by atoms with Gasteiger partial charge in [0.25, 0.3) is 5.91 Å². The summed E-state index contributed by atoms with van der Waals surface area (Å²) >= 11 is 0. The van der Waals surface area contributed by atoms with Crippen molar-refractivity contribution in [1.29, 1.82) is 0 Å². The minimum absolute atomic E-state index is 0.0493. The van der Waals surface area contributed by atoms with Gasteiger partial charge in [-0.3, -0.25) is 4.79 Å². The van der Waals surface area contributed by atoms with E-state index in [4.69, 9.17) is 9.39 Å². The number of benzene rings is 1. The maximum absolute atomic E-state index is 12.8. The second-order valence-corrected chi connectivity index (χ2v) is 8.21. The van der Waals surface area contributed by atoms with Gasteiger partial charge in [-0.05, 0) is 48.3 Å². The summed E-state index contributed by atoms with van der Waals surface area (Å²) in [5, 5.41) is 23.1. The summed E-state index contributed by atoms with van der Waals surface area (Å²) in [7, 11) is -1.04. The van der Waals surface area contributed by atoms with E-state index in [-0.39, 0.29) is 12.5 Å². The Bertz CT molecular complexity index is 759. The first-order chi connectivity index (χ1) is 13.2. The number of carbonyl (C=O) groups is 2. The monoisotopic (exact) mass is 389 g/mol. The Morgan fingerprint density at radius 2 is 2.00 bits per heavy atom. The normalized spacial score (nSPS) is 18.9. The summed E-state index contributed by atoms with van der Waals surface area (Å²) < 4.78 is 10.6. The molecule has 152 valence electrons. The Kier molecular flexibility index (Phi) is 6.12. The SMILES string of the molecule is Cc1c(C(=O)NC(C(=O)OCC2(O)CCCC2)C(C)C)ccc2c1B(O)OC2. The molecule has 1 atom stereocenters. The molecule has 0 bridgehead atoms. The molecule has 3 N–H and O–H groups in total. The molecule has 0 aromatic heterocycles. The molecule has 1 aliphatic carbocycles. The van der Waals surface area contributed by atoms with Crippen LogP contribution in [0.5, 0.6) is 0 Å². The van der Waals surface area contributed by atoms with Crippen LogP contribution in [0, 0.1) is 12.8 Å². The third-order valence-corrected chi connectivity index (χ3v) is 5.72. The number of hydrogen-bond donors (Lipinski definition) is 3. The highest BCUT2D eigenvalue weighted by molar-refractivity contribution is 6.62. The second-order valence-electron chi connectivity index (χ2n) is 8.21. The van der Waals surface area contributed by atoms with Crippen LogP contribution in [0.1, 0.15) is 61.0 Å². The molecule has 8 heteroatoms. The van der Waals surface area contributed by atoms with E-state index in [1.807, 2.05) is 13.8 Å². The van der Waals surface area contributed by atoms with Gasteiger partial charge in [-0.2, -0.15) is 0 Å². The maximum atomic E-state index is 12.8. The molecule has 1 amide bonds. The first kappa shape index (κ1) is 20.8. The Morgan fingerprint density at radius 3 is 2.64 bits per heavy atom. The summed E-state index contributed by atoms with van der Waals surface area (Å²) in [5.41, 5.74) is 1.53. The zero-order valence-electron chi connectivity index (χ0n) is 16.7. The van der Waals surface area contributed by atoms with Crippen LogP contribution in [0.25, 0.3) is 0 Å². The fourth-order valence-corrected chi connectivity index (χ4v) is 3.94. The van der Waals surface area contributed by atoms with Gasteiger partial charge in [0, 0.05) is 5.56 Å². The van der Waals surface area contributed by atoms with Gasteiger partial charge in [0.2, 0.25) is 0 Å². The predicted octanol–water partition coefficient (Wildman–Crippen LogP) is 0.815. The van der Waals surface area contributed by atoms with Crippen molar-refractivity contribution < 1.29 is 29.1 Å².